The van der Waals surface area contributed by atoms with E-state index in [9.17, 15) is 13.6 Å². The van der Waals surface area contributed by atoms with Crippen LogP contribution in [0.25, 0.3) is 10.6 Å². The van der Waals surface area contributed by atoms with Gasteiger partial charge in [0.05, 0.1) is 12.2 Å². The van der Waals surface area contributed by atoms with Gasteiger partial charge in [-0.05, 0) is 19.1 Å². The molecule has 0 aliphatic heterocycles. The maximum atomic E-state index is 13.5. The minimum atomic E-state index is -0.709. The number of hydrogen-bond acceptors (Lipinski definition) is 4. The molecule has 2 aromatic rings. The van der Waals surface area contributed by atoms with Gasteiger partial charge in [-0.3, -0.25) is 0 Å². The smallest absolute Gasteiger partial charge is 0.357 e. The van der Waals surface area contributed by atoms with E-state index >= 15 is 0 Å². The monoisotopic (exact) mass is 269 g/mol. The van der Waals surface area contributed by atoms with Crippen LogP contribution in [0.5, 0.6) is 0 Å². The van der Waals surface area contributed by atoms with Gasteiger partial charge in [0, 0.05) is 5.38 Å². The Hall–Kier alpha value is -1.82. The second-order valence-corrected chi connectivity index (χ2v) is 4.21. The number of ether oxygens (including phenoxy) is 1. The summed E-state index contributed by atoms with van der Waals surface area (Å²) in [6, 6.07) is 3.56. The first-order valence-electron chi connectivity index (χ1n) is 5.20. The molecule has 0 unspecified atom stereocenters. The molecule has 0 spiro atoms. The van der Waals surface area contributed by atoms with Crippen molar-refractivity contribution >= 4 is 17.3 Å². The van der Waals surface area contributed by atoms with Crippen molar-refractivity contribution in [2.75, 3.05) is 6.61 Å². The molecule has 0 radical (unpaired) electrons. The first-order valence-corrected chi connectivity index (χ1v) is 6.08. The molecule has 0 saturated carbocycles. The largest absolute Gasteiger partial charge is 0.461 e. The minimum Gasteiger partial charge on any atom is -0.461 e. The normalized spacial score (nSPS) is 10.4. The Bertz CT molecular complexity index is 563. The molecule has 94 valence electrons. The lowest BCUT2D eigenvalue weighted by Crippen LogP contribution is -2.04. The first-order chi connectivity index (χ1) is 8.63. The average Bonchev–Trinajstić information content (AvgIpc) is 2.78. The summed E-state index contributed by atoms with van der Waals surface area (Å²) in [5.74, 6) is -2.02. The molecule has 0 saturated heterocycles. The molecule has 2 rings (SSSR count). The van der Waals surface area contributed by atoms with Crippen LogP contribution in [0.2, 0.25) is 0 Å². The van der Waals surface area contributed by atoms with E-state index in [0.717, 1.165) is 23.5 Å². The number of rotatable bonds is 3. The van der Waals surface area contributed by atoms with Gasteiger partial charge in [0.1, 0.15) is 16.6 Å². The van der Waals surface area contributed by atoms with Gasteiger partial charge in [0.15, 0.2) is 5.69 Å². The topological polar surface area (TPSA) is 39.2 Å². The third kappa shape index (κ3) is 2.38. The summed E-state index contributed by atoms with van der Waals surface area (Å²) in [6.45, 7) is 1.89. The summed E-state index contributed by atoms with van der Waals surface area (Å²) in [4.78, 5) is 15.3. The average molecular weight is 269 g/mol. The second-order valence-electron chi connectivity index (χ2n) is 3.36. The standard InChI is InChI=1S/C12H9F2NO2S/c1-2-17-12(16)9-6-18-11(15-9)10-7(13)4-3-5-8(10)14/h3-6H,2H2,1H3. The lowest BCUT2D eigenvalue weighted by Gasteiger charge is -2.00. The Morgan fingerprint density at radius 3 is 2.67 bits per heavy atom. The molecule has 0 N–H and O–H groups in total. The van der Waals surface area contributed by atoms with Crippen molar-refractivity contribution in [3.05, 3.63) is 40.9 Å². The number of nitrogens with zero attached hydrogens (tertiary/aromatic N) is 1. The lowest BCUT2D eigenvalue weighted by atomic mass is 10.2. The first kappa shape index (κ1) is 12.6. The van der Waals surface area contributed by atoms with E-state index in [-0.39, 0.29) is 22.9 Å². The van der Waals surface area contributed by atoms with Crippen LogP contribution in [0.15, 0.2) is 23.6 Å². The van der Waals surface area contributed by atoms with Gasteiger partial charge in [0.2, 0.25) is 0 Å². The van der Waals surface area contributed by atoms with Crippen molar-refractivity contribution in [2.45, 2.75) is 6.92 Å². The van der Waals surface area contributed by atoms with E-state index in [4.69, 9.17) is 4.74 Å². The van der Waals surface area contributed by atoms with Crippen molar-refractivity contribution in [3.63, 3.8) is 0 Å². The molecule has 0 aliphatic rings. The summed E-state index contributed by atoms with van der Waals surface area (Å²) in [5.41, 5.74) is -0.169. The second kappa shape index (κ2) is 5.22. The maximum absolute atomic E-state index is 13.5. The fourth-order valence-electron chi connectivity index (χ4n) is 1.39. The number of halogens is 2. The van der Waals surface area contributed by atoms with Crippen LogP contribution >= 0.6 is 11.3 Å². The van der Waals surface area contributed by atoms with Crippen molar-refractivity contribution < 1.29 is 18.3 Å². The number of hydrogen-bond donors (Lipinski definition) is 0. The zero-order chi connectivity index (χ0) is 13.1. The van der Waals surface area contributed by atoms with Crippen molar-refractivity contribution in [1.29, 1.82) is 0 Å². The lowest BCUT2D eigenvalue weighted by molar-refractivity contribution is 0.0520. The van der Waals surface area contributed by atoms with Gasteiger partial charge >= 0.3 is 5.97 Å². The van der Waals surface area contributed by atoms with Gasteiger partial charge in [-0.15, -0.1) is 11.3 Å². The molecule has 0 atom stereocenters. The Kier molecular flexibility index (Phi) is 3.66. The highest BCUT2D eigenvalue weighted by Crippen LogP contribution is 2.28. The van der Waals surface area contributed by atoms with Gasteiger partial charge in [-0.2, -0.15) is 0 Å². The van der Waals surface area contributed by atoms with Crippen LogP contribution in [0, 0.1) is 11.6 Å². The molecule has 3 nitrogen and oxygen atoms in total. The van der Waals surface area contributed by atoms with E-state index in [2.05, 4.69) is 4.98 Å². The van der Waals surface area contributed by atoms with Crippen LogP contribution in [0.3, 0.4) is 0 Å². The quantitative estimate of drug-likeness (QED) is 0.803. The summed E-state index contributed by atoms with van der Waals surface area (Å²) >= 11 is 0.993. The van der Waals surface area contributed by atoms with Crippen LogP contribution in [0.4, 0.5) is 8.78 Å². The number of carbonyl (C=O) groups is 1. The molecular formula is C12H9F2NO2S. The van der Waals surface area contributed by atoms with Gasteiger partial charge in [0.25, 0.3) is 0 Å². The molecule has 0 fully saturated rings. The van der Waals surface area contributed by atoms with Crippen molar-refractivity contribution in [2.24, 2.45) is 0 Å². The molecule has 1 aromatic carbocycles. The molecule has 18 heavy (non-hydrogen) atoms. The zero-order valence-electron chi connectivity index (χ0n) is 9.44. The summed E-state index contributed by atoms with van der Waals surface area (Å²) in [7, 11) is 0. The highest BCUT2D eigenvalue weighted by atomic mass is 32.1. The van der Waals surface area contributed by atoms with E-state index in [1.807, 2.05) is 0 Å². The van der Waals surface area contributed by atoms with Crippen LogP contribution < -0.4 is 0 Å². The highest BCUT2D eigenvalue weighted by Gasteiger charge is 2.17. The van der Waals surface area contributed by atoms with Crippen molar-refractivity contribution in [3.8, 4) is 10.6 Å². The molecular weight excluding hydrogens is 260 g/mol. The number of carbonyl (C=O) groups excluding carboxylic acids is 1. The van der Waals surface area contributed by atoms with E-state index < -0.39 is 17.6 Å². The van der Waals surface area contributed by atoms with Crippen LogP contribution in [0.1, 0.15) is 17.4 Å². The summed E-state index contributed by atoms with van der Waals surface area (Å²) in [5, 5.41) is 1.54. The van der Waals surface area contributed by atoms with Crippen LogP contribution in [-0.2, 0) is 4.74 Å². The molecule has 6 heteroatoms. The summed E-state index contributed by atoms with van der Waals surface area (Å²) in [6.07, 6.45) is 0. The van der Waals surface area contributed by atoms with Gasteiger partial charge in [-0.25, -0.2) is 18.6 Å². The maximum Gasteiger partial charge on any atom is 0.357 e. The Morgan fingerprint density at radius 1 is 1.39 bits per heavy atom. The SMILES string of the molecule is CCOC(=O)c1csc(-c2c(F)cccc2F)n1. The van der Waals surface area contributed by atoms with E-state index in [0.29, 0.717) is 0 Å². The Balaban J connectivity index is 2.38. The van der Waals surface area contributed by atoms with Gasteiger partial charge in [-0.1, -0.05) is 6.07 Å². The van der Waals surface area contributed by atoms with Gasteiger partial charge < -0.3 is 4.74 Å². The number of esters is 1. The van der Waals surface area contributed by atoms with Crippen LogP contribution in [-0.4, -0.2) is 17.6 Å². The number of benzene rings is 1. The fourth-order valence-corrected chi connectivity index (χ4v) is 2.23. The minimum absolute atomic E-state index is 0.0551. The zero-order valence-corrected chi connectivity index (χ0v) is 10.3. The molecule has 1 heterocycles. The number of aromatic nitrogens is 1. The molecule has 0 amide bonds. The molecule has 0 bridgehead atoms. The van der Waals surface area contributed by atoms with E-state index in [1.165, 1.54) is 11.4 Å². The Morgan fingerprint density at radius 2 is 2.06 bits per heavy atom. The highest BCUT2D eigenvalue weighted by molar-refractivity contribution is 7.13. The third-order valence-corrected chi connectivity index (χ3v) is 3.03. The summed E-state index contributed by atoms with van der Waals surface area (Å²) < 4.78 is 31.8. The molecule has 0 aliphatic carbocycles. The number of thiazole rings is 1. The Labute approximate surface area is 106 Å². The van der Waals surface area contributed by atoms with E-state index in [1.54, 1.807) is 6.92 Å². The predicted molar refractivity (Wildman–Crippen MR) is 63.4 cm³/mol. The fraction of sp³-hybridized carbons (Fsp3) is 0.167. The third-order valence-electron chi connectivity index (χ3n) is 2.17. The predicted octanol–water partition coefficient (Wildman–Crippen LogP) is 3.27. The molecule has 1 aromatic heterocycles. The van der Waals surface area contributed by atoms with Crippen molar-refractivity contribution in [1.82, 2.24) is 4.98 Å².